The Balaban J connectivity index is 1.58. The van der Waals surface area contributed by atoms with E-state index in [0.717, 1.165) is 13.1 Å². The van der Waals surface area contributed by atoms with E-state index in [1.54, 1.807) is 28.9 Å². The number of aryl methyl sites for hydroxylation is 1. The van der Waals surface area contributed by atoms with Gasteiger partial charge in [-0.15, -0.1) is 5.10 Å². The molecule has 1 aliphatic heterocycles. The Labute approximate surface area is 109 Å². The molecule has 3 rings (SSSR count). The molecule has 9 heteroatoms. The van der Waals surface area contributed by atoms with E-state index in [9.17, 15) is 4.79 Å². The SMILES string of the molecule is Cn1cnc(CNC(=O)c2cn(C3CNC3)nn2)n1. The van der Waals surface area contributed by atoms with Crippen LogP contribution in [0.5, 0.6) is 0 Å². The van der Waals surface area contributed by atoms with Crippen LogP contribution in [-0.2, 0) is 13.6 Å². The molecule has 100 valence electrons. The van der Waals surface area contributed by atoms with Crippen molar-refractivity contribution in [3.8, 4) is 0 Å². The summed E-state index contributed by atoms with van der Waals surface area (Å²) in [7, 11) is 1.77. The number of hydrogen-bond acceptors (Lipinski definition) is 6. The number of rotatable bonds is 4. The van der Waals surface area contributed by atoms with Gasteiger partial charge in [-0.2, -0.15) is 5.10 Å². The molecule has 9 nitrogen and oxygen atoms in total. The van der Waals surface area contributed by atoms with Crippen LogP contribution in [0, 0.1) is 0 Å². The highest BCUT2D eigenvalue weighted by Gasteiger charge is 2.21. The molecule has 0 aromatic carbocycles. The molecule has 0 spiro atoms. The third kappa shape index (κ3) is 2.45. The van der Waals surface area contributed by atoms with E-state index in [1.807, 2.05) is 0 Å². The molecule has 1 fully saturated rings. The zero-order valence-electron chi connectivity index (χ0n) is 10.4. The zero-order valence-corrected chi connectivity index (χ0v) is 10.4. The molecule has 0 bridgehead atoms. The van der Waals surface area contributed by atoms with Gasteiger partial charge >= 0.3 is 0 Å². The van der Waals surface area contributed by atoms with Gasteiger partial charge in [-0.25, -0.2) is 9.67 Å². The molecule has 19 heavy (non-hydrogen) atoms. The lowest BCUT2D eigenvalue weighted by Crippen LogP contribution is -2.43. The molecule has 0 radical (unpaired) electrons. The summed E-state index contributed by atoms with van der Waals surface area (Å²) in [5.41, 5.74) is 0.308. The maximum absolute atomic E-state index is 11.9. The Morgan fingerprint density at radius 2 is 2.42 bits per heavy atom. The average molecular weight is 262 g/mol. The van der Waals surface area contributed by atoms with Crippen LogP contribution in [-0.4, -0.2) is 48.8 Å². The van der Waals surface area contributed by atoms with E-state index >= 15 is 0 Å². The maximum atomic E-state index is 11.9. The van der Waals surface area contributed by atoms with Gasteiger partial charge in [0.2, 0.25) is 0 Å². The first-order valence-electron chi connectivity index (χ1n) is 5.97. The lowest BCUT2D eigenvalue weighted by atomic mass is 10.2. The average Bonchev–Trinajstić information content (AvgIpc) is 2.93. The second-order valence-corrected chi connectivity index (χ2v) is 4.41. The van der Waals surface area contributed by atoms with Crippen LogP contribution in [0.1, 0.15) is 22.4 Å². The predicted octanol–water partition coefficient (Wildman–Crippen LogP) is -1.52. The van der Waals surface area contributed by atoms with E-state index in [2.05, 4.69) is 31.0 Å². The number of amides is 1. The van der Waals surface area contributed by atoms with Crippen LogP contribution in [0.25, 0.3) is 0 Å². The minimum absolute atomic E-state index is 0.272. The van der Waals surface area contributed by atoms with Gasteiger partial charge in [0.05, 0.1) is 18.8 Å². The fourth-order valence-electron chi connectivity index (χ4n) is 1.73. The van der Waals surface area contributed by atoms with E-state index in [1.165, 1.54) is 0 Å². The third-order valence-corrected chi connectivity index (χ3v) is 2.93. The summed E-state index contributed by atoms with van der Waals surface area (Å²) in [6, 6.07) is 0.298. The van der Waals surface area contributed by atoms with Gasteiger partial charge in [-0.1, -0.05) is 5.21 Å². The molecule has 0 saturated carbocycles. The second kappa shape index (κ2) is 4.76. The highest BCUT2D eigenvalue weighted by Crippen LogP contribution is 2.09. The molecule has 0 unspecified atom stereocenters. The first-order chi connectivity index (χ1) is 9.22. The summed E-state index contributed by atoms with van der Waals surface area (Å²) >= 11 is 0. The van der Waals surface area contributed by atoms with Gasteiger partial charge in [0.1, 0.15) is 6.33 Å². The molecular formula is C10H14N8O. The molecule has 2 aromatic heterocycles. The van der Waals surface area contributed by atoms with Crippen LogP contribution in [0.3, 0.4) is 0 Å². The van der Waals surface area contributed by atoms with Gasteiger partial charge in [0, 0.05) is 20.1 Å². The quantitative estimate of drug-likeness (QED) is 0.694. The summed E-state index contributed by atoms with van der Waals surface area (Å²) in [4.78, 5) is 15.9. The van der Waals surface area contributed by atoms with Gasteiger partial charge < -0.3 is 10.6 Å². The molecule has 2 aromatic rings. The van der Waals surface area contributed by atoms with Gasteiger partial charge in [-0.3, -0.25) is 9.48 Å². The lowest BCUT2D eigenvalue weighted by molar-refractivity contribution is 0.0944. The normalized spacial score (nSPS) is 15.2. The Bertz CT molecular complexity index is 584. The van der Waals surface area contributed by atoms with Crippen molar-refractivity contribution in [2.45, 2.75) is 12.6 Å². The van der Waals surface area contributed by atoms with E-state index in [4.69, 9.17) is 0 Å². The number of nitrogens with one attached hydrogen (secondary N) is 2. The molecule has 2 N–H and O–H groups in total. The highest BCUT2D eigenvalue weighted by molar-refractivity contribution is 5.91. The maximum Gasteiger partial charge on any atom is 0.273 e. The fraction of sp³-hybridized carbons (Fsp3) is 0.500. The molecule has 0 atom stereocenters. The smallest absolute Gasteiger partial charge is 0.273 e. The number of carbonyl (C=O) groups is 1. The summed E-state index contributed by atoms with van der Waals surface area (Å²) < 4.78 is 3.30. The van der Waals surface area contributed by atoms with Crippen LogP contribution in [0.4, 0.5) is 0 Å². The van der Waals surface area contributed by atoms with E-state index in [0.29, 0.717) is 17.6 Å². The van der Waals surface area contributed by atoms with Crippen molar-refractivity contribution >= 4 is 5.91 Å². The standard InChI is InChI=1S/C10H14N8O/c1-17-6-13-9(15-17)4-12-10(19)8-5-18(16-14-8)7-2-11-3-7/h5-7,11H,2-4H2,1H3,(H,12,19). The first-order valence-corrected chi connectivity index (χ1v) is 5.97. The number of carbonyl (C=O) groups excluding carboxylic acids is 1. The molecule has 3 heterocycles. The molecular weight excluding hydrogens is 248 g/mol. The zero-order chi connectivity index (χ0) is 13.2. The van der Waals surface area contributed by atoms with Crippen LogP contribution >= 0.6 is 0 Å². The van der Waals surface area contributed by atoms with Gasteiger partial charge in [0.15, 0.2) is 11.5 Å². The van der Waals surface area contributed by atoms with Crippen molar-refractivity contribution in [3.63, 3.8) is 0 Å². The lowest BCUT2D eigenvalue weighted by Gasteiger charge is -2.26. The summed E-state index contributed by atoms with van der Waals surface area (Å²) in [5, 5.41) is 17.7. The highest BCUT2D eigenvalue weighted by atomic mass is 16.2. The minimum atomic E-state index is -0.272. The molecule has 1 aliphatic rings. The minimum Gasteiger partial charge on any atom is -0.343 e. The Kier molecular flexibility index (Phi) is 2.95. The fourth-order valence-corrected chi connectivity index (χ4v) is 1.73. The van der Waals surface area contributed by atoms with Crippen molar-refractivity contribution in [1.29, 1.82) is 0 Å². The summed E-state index contributed by atoms with van der Waals surface area (Å²) in [6.07, 6.45) is 3.24. The largest absolute Gasteiger partial charge is 0.343 e. The third-order valence-electron chi connectivity index (χ3n) is 2.93. The van der Waals surface area contributed by atoms with Crippen molar-refractivity contribution in [3.05, 3.63) is 24.0 Å². The topological polar surface area (TPSA) is 103 Å². The van der Waals surface area contributed by atoms with Crippen molar-refractivity contribution < 1.29 is 4.79 Å². The Morgan fingerprint density at radius 1 is 1.58 bits per heavy atom. The second-order valence-electron chi connectivity index (χ2n) is 4.41. The van der Waals surface area contributed by atoms with Crippen molar-refractivity contribution in [2.24, 2.45) is 7.05 Å². The Morgan fingerprint density at radius 3 is 3.05 bits per heavy atom. The van der Waals surface area contributed by atoms with Gasteiger partial charge in [0.25, 0.3) is 5.91 Å². The van der Waals surface area contributed by atoms with Crippen molar-refractivity contribution in [2.75, 3.05) is 13.1 Å². The monoisotopic (exact) mass is 262 g/mol. The molecule has 0 aliphatic carbocycles. The summed E-state index contributed by atoms with van der Waals surface area (Å²) in [6.45, 7) is 2.00. The number of aromatic nitrogens is 6. The Hall–Kier alpha value is -2.29. The summed E-state index contributed by atoms with van der Waals surface area (Å²) in [5.74, 6) is 0.289. The first kappa shape index (κ1) is 11.8. The van der Waals surface area contributed by atoms with E-state index in [-0.39, 0.29) is 12.5 Å². The molecule has 1 amide bonds. The van der Waals surface area contributed by atoms with Gasteiger partial charge in [-0.05, 0) is 0 Å². The molecule has 1 saturated heterocycles. The number of hydrogen-bond donors (Lipinski definition) is 2. The predicted molar refractivity (Wildman–Crippen MR) is 64.1 cm³/mol. The number of nitrogens with zero attached hydrogens (tertiary/aromatic N) is 6. The van der Waals surface area contributed by atoms with Crippen molar-refractivity contribution in [1.82, 2.24) is 40.4 Å². The van der Waals surface area contributed by atoms with E-state index < -0.39 is 0 Å². The van der Waals surface area contributed by atoms with Crippen LogP contribution in [0.15, 0.2) is 12.5 Å². The van der Waals surface area contributed by atoms with Crippen LogP contribution in [0.2, 0.25) is 0 Å². The van der Waals surface area contributed by atoms with Crippen LogP contribution < -0.4 is 10.6 Å².